The highest BCUT2D eigenvalue weighted by molar-refractivity contribution is 7.89. The summed E-state index contributed by atoms with van der Waals surface area (Å²) in [6.45, 7) is 2.69. The predicted octanol–water partition coefficient (Wildman–Crippen LogP) is 5.06. The second kappa shape index (κ2) is 19.0. The number of hydrogen-bond donors (Lipinski definition) is 5. The first-order valence-electron chi connectivity index (χ1n) is 12.2. The fourth-order valence-electron chi connectivity index (χ4n) is 3.47. The molecule has 7 nitrogen and oxygen atoms in total. The molecule has 1 aromatic carbocycles. The summed E-state index contributed by atoms with van der Waals surface area (Å²) in [6, 6.07) is 2.75. The standard InChI is InChI=1S/C16H35NO2S.C8H11NO3/c1-2-3-4-5-6-7-8-9-10-11-12-13-14-15-16-20(17,18)19;9-2-1-5-3-6(10)8(12)7(11)4-5/h2-16H2,1H3,(H2,17,18,19);3-4,10-12H,1-2,9H2. The molecule has 8 heteroatoms. The van der Waals surface area contributed by atoms with E-state index in [4.69, 9.17) is 26.2 Å². The van der Waals surface area contributed by atoms with Gasteiger partial charge in [-0.1, -0.05) is 90.4 Å². The first kappa shape index (κ1) is 30.5. The molecule has 0 aromatic heterocycles. The number of phenolic OH excluding ortho intramolecular Hbond substituents is 3. The summed E-state index contributed by atoms with van der Waals surface area (Å²) in [5.41, 5.74) is 5.97. The molecule has 0 bridgehead atoms. The number of nitrogens with two attached hydrogens (primary N) is 2. The molecular weight excluding hydrogens is 428 g/mol. The Morgan fingerprint density at radius 1 is 0.719 bits per heavy atom. The molecular formula is C24H46N2O5S. The van der Waals surface area contributed by atoms with Gasteiger partial charge in [0.25, 0.3) is 0 Å². The van der Waals surface area contributed by atoms with Gasteiger partial charge in [0.15, 0.2) is 17.2 Å². The van der Waals surface area contributed by atoms with Gasteiger partial charge in [0.1, 0.15) is 0 Å². The van der Waals surface area contributed by atoms with Gasteiger partial charge in [-0.05, 0) is 37.1 Å². The van der Waals surface area contributed by atoms with Crippen LogP contribution in [0.2, 0.25) is 0 Å². The summed E-state index contributed by atoms with van der Waals surface area (Å²) in [5, 5.41) is 32.0. The summed E-state index contributed by atoms with van der Waals surface area (Å²) in [4.78, 5) is 0. The minimum atomic E-state index is -3.24. The minimum absolute atomic E-state index is 0.144. The molecule has 32 heavy (non-hydrogen) atoms. The minimum Gasteiger partial charge on any atom is -0.504 e. The van der Waals surface area contributed by atoms with Crippen molar-refractivity contribution in [2.24, 2.45) is 10.9 Å². The average Bonchev–Trinajstić information content (AvgIpc) is 2.72. The van der Waals surface area contributed by atoms with Crippen LogP contribution in [0.25, 0.3) is 0 Å². The van der Waals surface area contributed by atoms with Crippen LogP contribution in [0.3, 0.4) is 0 Å². The van der Waals surface area contributed by atoms with Crippen molar-refractivity contribution in [3.63, 3.8) is 0 Å². The highest BCUT2D eigenvalue weighted by Crippen LogP contribution is 2.35. The highest BCUT2D eigenvalue weighted by Gasteiger charge is 2.06. The third kappa shape index (κ3) is 18.1. The first-order chi connectivity index (χ1) is 15.2. The Balaban J connectivity index is 0.000000677. The lowest BCUT2D eigenvalue weighted by Crippen LogP contribution is -2.16. The smallest absolute Gasteiger partial charge is 0.209 e. The fourth-order valence-corrected chi connectivity index (χ4v) is 4.08. The van der Waals surface area contributed by atoms with Crippen molar-refractivity contribution in [1.29, 1.82) is 0 Å². The summed E-state index contributed by atoms with van der Waals surface area (Å²) < 4.78 is 21.5. The van der Waals surface area contributed by atoms with Crippen LogP contribution < -0.4 is 10.9 Å². The molecule has 1 rings (SSSR count). The molecule has 0 aliphatic carbocycles. The van der Waals surface area contributed by atoms with Crippen LogP contribution in [0.15, 0.2) is 12.1 Å². The Kier molecular flexibility index (Phi) is 18.1. The lowest BCUT2D eigenvalue weighted by molar-refractivity contribution is 0.367. The van der Waals surface area contributed by atoms with Crippen LogP contribution in [-0.2, 0) is 16.4 Å². The molecule has 0 atom stereocenters. The Hall–Kier alpha value is -1.51. The van der Waals surface area contributed by atoms with E-state index in [1.165, 1.54) is 82.8 Å². The van der Waals surface area contributed by atoms with E-state index in [9.17, 15) is 8.42 Å². The largest absolute Gasteiger partial charge is 0.504 e. The molecule has 0 aliphatic rings. The molecule has 0 spiro atoms. The Morgan fingerprint density at radius 3 is 1.44 bits per heavy atom. The van der Waals surface area contributed by atoms with Crippen LogP contribution in [0.5, 0.6) is 17.2 Å². The molecule has 0 fully saturated rings. The van der Waals surface area contributed by atoms with Crippen LogP contribution >= 0.6 is 0 Å². The number of sulfonamides is 1. The zero-order chi connectivity index (χ0) is 24.2. The van der Waals surface area contributed by atoms with E-state index in [0.29, 0.717) is 18.5 Å². The maximum Gasteiger partial charge on any atom is 0.209 e. The molecule has 0 heterocycles. The van der Waals surface area contributed by atoms with Crippen molar-refractivity contribution in [3.8, 4) is 17.2 Å². The SMILES string of the molecule is CCCCCCCCCCCCCCCCS(N)(=O)=O.NCCc1cc(O)c(O)c(O)c1. The van der Waals surface area contributed by atoms with Gasteiger partial charge < -0.3 is 21.1 Å². The van der Waals surface area contributed by atoms with E-state index in [2.05, 4.69) is 6.92 Å². The van der Waals surface area contributed by atoms with E-state index in [0.717, 1.165) is 19.3 Å². The maximum absolute atomic E-state index is 10.7. The van der Waals surface area contributed by atoms with Crippen molar-refractivity contribution < 1.29 is 23.7 Å². The Bertz CT molecular complexity index is 673. The summed E-state index contributed by atoms with van der Waals surface area (Å²) in [7, 11) is -3.24. The molecule has 188 valence electrons. The summed E-state index contributed by atoms with van der Waals surface area (Å²) >= 11 is 0. The number of aromatic hydroxyl groups is 3. The fraction of sp³-hybridized carbons (Fsp3) is 0.750. The molecule has 0 saturated heterocycles. The van der Waals surface area contributed by atoms with Gasteiger partial charge in [0.2, 0.25) is 10.0 Å². The Labute approximate surface area is 195 Å². The van der Waals surface area contributed by atoms with E-state index in [1.54, 1.807) is 0 Å². The summed E-state index contributed by atoms with van der Waals surface area (Å²) in [6.07, 6.45) is 18.4. The molecule has 0 aliphatic heterocycles. The second-order valence-electron chi connectivity index (χ2n) is 8.48. The van der Waals surface area contributed by atoms with Crippen molar-refractivity contribution in [2.75, 3.05) is 12.3 Å². The summed E-state index contributed by atoms with van der Waals surface area (Å²) in [5.74, 6) is -0.988. The van der Waals surface area contributed by atoms with Crippen molar-refractivity contribution in [1.82, 2.24) is 0 Å². The quantitative estimate of drug-likeness (QED) is 0.157. The van der Waals surface area contributed by atoms with E-state index in [-0.39, 0.29) is 17.3 Å². The highest BCUT2D eigenvalue weighted by atomic mass is 32.2. The third-order valence-corrected chi connectivity index (χ3v) is 6.20. The number of benzene rings is 1. The van der Waals surface area contributed by atoms with Gasteiger partial charge in [-0.15, -0.1) is 0 Å². The van der Waals surface area contributed by atoms with Crippen LogP contribution in [0.4, 0.5) is 0 Å². The molecule has 0 saturated carbocycles. The monoisotopic (exact) mass is 474 g/mol. The van der Waals surface area contributed by atoms with E-state index < -0.39 is 15.8 Å². The van der Waals surface area contributed by atoms with E-state index in [1.807, 2.05) is 0 Å². The van der Waals surface area contributed by atoms with Gasteiger partial charge >= 0.3 is 0 Å². The lowest BCUT2D eigenvalue weighted by Gasteiger charge is -2.03. The van der Waals surface area contributed by atoms with Crippen molar-refractivity contribution in [2.45, 2.75) is 103 Å². The normalized spacial score (nSPS) is 11.2. The third-order valence-electron chi connectivity index (χ3n) is 5.34. The number of phenols is 3. The predicted molar refractivity (Wildman–Crippen MR) is 132 cm³/mol. The zero-order valence-electron chi connectivity index (χ0n) is 19.9. The number of primary sulfonamides is 1. The molecule has 1 aromatic rings. The molecule has 0 radical (unpaired) electrons. The molecule has 0 unspecified atom stereocenters. The van der Waals surface area contributed by atoms with Gasteiger partial charge in [-0.25, -0.2) is 13.6 Å². The number of unbranched alkanes of at least 4 members (excludes halogenated alkanes) is 13. The molecule has 0 amide bonds. The maximum atomic E-state index is 10.7. The Morgan fingerprint density at radius 2 is 1.09 bits per heavy atom. The molecule has 7 N–H and O–H groups in total. The first-order valence-corrected chi connectivity index (χ1v) is 13.9. The second-order valence-corrected chi connectivity index (χ2v) is 10.2. The zero-order valence-corrected chi connectivity index (χ0v) is 20.7. The van der Waals surface area contributed by atoms with Gasteiger partial charge in [-0.2, -0.15) is 0 Å². The van der Waals surface area contributed by atoms with Crippen molar-refractivity contribution >= 4 is 10.0 Å². The van der Waals surface area contributed by atoms with Crippen LogP contribution in [-0.4, -0.2) is 36.0 Å². The van der Waals surface area contributed by atoms with Gasteiger partial charge in [0, 0.05) is 0 Å². The van der Waals surface area contributed by atoms with Crippen LogP contribution in [0, 0.1) is 0 Å². The van der Waals surface area contributed by atoms with Gasteiger partial charge in [0.05, 0.1) is 5.75 Å². The topological polar surface area (TPSA) is 147 Å². The van der Waals surface area contributed by atoms with Gasteiger partial charge in [-0.3, -0.25) is 0 Å². The van der Waals surface area contributed by atoms with Crippen molar-refractivity contribution in [3.05, 3.63) is 17.7 Å². The lowest BCUT2D eigenvalue weighted by atomic mass is 10.0. The van der Waals surface area contributed by atoms with Crippen LogP contribution in [0.1, 0.15) is 102 Å². The van der Waals surface area contributed by atoms with E-state index >= 15 is 0 Å². The average molecular weight is 475 g/mol. The number of hydrogen-bond acceptors (Lipinski definition) is 6. The number of rotatable bonds is 17.